The van der Waals surface area contributed by atoms with Gasteiger partial charge in [0.15, 0.2) is 0 Å². The molecule has 8 heteroatoms. The van der Waals surface area contributed by atoms with E-state index in [-0.39, 0.29) is 22.4 Å². The summed E-state index contributed by atoms with van der Waals surface area (Å²) in [6.07, 6.45) is -4.67. The topological polar surface area (TPSA) is 57.6 Å². The van der Waals surface area contributed by atoms with E-state index in [0.717, 1.165) is 35.2 Å². The molecule has 3 aromatic carbocycles. The fourth-order valence-corrected chi connectivity index (χ4v) is 4.26. The predicted molar refractivity (Wildman–Crippen MR) is 109 cm³/mol. The van der Waals surface area contributed by atoms with E-state index < -0.39 is 40.9 Å². The van der Waals surface area contributed by atoms with Gasteiger partial charge in [0.05, 0.1) is 11.6 Å². The van der Waals surface area contributed by atoms with E-state index in [4.69, 9.17) is 0 Å². The van der Waals surface area contributed by atoms with Crippen molar-refractivity contribution in [3.8, 4) is 0 Å². The SMILES string of the molecule is C[C@@]1(C(=O)O)c2ccccc2C(=O)N(c2cccc(C(F)(F)F)c2)[C@@H]1c1cccc(F)c1. The van der Waals surface area contributed by atoms with Crippen molar-refractivity contribution in [1.82, 2.24) is 0 Å². The number of carbonyl (C=O) groups is 2. The molecule has 4 rings (SSSR count). The monoisotopic (exact) mass is 443 g/mol. The Morgan fingerprint density at radius 1 is 1.00 bits per heavy atom. The van der Waals surface area contributed by atoms with Crippen LogP contribution in [0.2, 0.25) is 0 Å². The van der Waals surface area contributed by atoms with Crippen LogP contribution in [0.4, 0.5) is 23.2 Å². The van der Waals surface area contributed by atoms with Crippen LogP contribution < -0.4 is 4.90 Å². The summed E-state index contributed by atoms with van der Waals surface area (Å²) >= 11 is 0. The van der Waals surface area contributed by atoms with Crippen LogP contribution in [-0.2, 0) is 16.4 Å². The zero-order chi connectivity index (χ0) is 23.3. The molecule has 0 saturated carbocycles. The number of alkyl halides is 3. The van der Waals surface area contributed by atoms with Crippen molar-refractivity contribution in [3.63, 3.8) is 0 Å². The van der Waals surface area contributed by atoms with Gasteiger partial charge in [0.2, 0.25) is 0 Å². The molecule has 0 saturated heterocycles. The van der Waals surface area contributed by atoms with Gasteiger partial charge in [-0.25, -0.2) is 4.39 Å². The molecular formula is C24H17F4NO3. The Kier molecular flexibility index (Phi) is 5.03. The smallest absolute Gasteiger partial charge is 0.416 e. The molecule has 0 radical (unpaired) electrons. The number of hydrogen-bond donors (Lipinski definition) is 1. The number of carboxylic acids is 1. The quantitative estimate of drug-likeness (QED) is 0.537. The Morgan fingerprint density at radius 2 is 1.69 bits per heavy atom. The summed E-state index contributed by atoms with van der Waals surface area (Å²) in [5.74, 6) is -2.64. The van der Waals surface area contributed by atoms with Gasteiger partial charge < -0.3 is 5.11 Å². The van der Waals surface area contributed by atoms with E-state index in [1.165, 1.54) is 37.3 Å². The second-order valence-corrected chi connectivity index (χ2v) is 7.73. The van der Waals surface area contributed by atoms with Crippen molar-refractivity contribution in [2.45, 2.75) is 24.6 Å². The highest BCUT2D eigenvalue weighted by atomic mass is 19.4. The third kappa shape index (κ3) is 3.32. The summed E-state index contributed by atoms with van der Waals surface area (Å²) in [5, 5.41) is 10.3. The highest BCUT2D eigenvalue weighted by Gasteiger charge is 2.54. The molecule has 0 aliphatic carbocycles. The molecule has 1 amide bonds. The molecule has 0 aromatic heterocycles. The van der Waals surface area contributed by atoms with Crippen LogP contribution in [0.15, 0.2) is 72.8 Å². The lowest BCUT2D eigenvalue weighted by atomic mass is 9.68. The van der Waals surface area contributed by atoms with Crippen LogP contribution in [0, 0.1) is 5.82 Å². The Balaban J connectivity index is 2.05. The second kappa shape index (κ2) is 7.47. The van der Waals surface area contributed by atoms with Crippen LogP contribution in [-0.4, -0.2) is 17.0 Å². The molecule has 164 valence electrons. The fourth-order valence-electron chi connectivity index (χ4n) is 4.26. The Bertz CT molecular complexity index is 1220. The van der Waals surface area contributed by atoms with Crippen molar-refractivity contribution in [3.05, 3.63) is 101 Å². The van der Waals surface area contributed by atoms with Crippen LogP contribution in [0.1, 0.15) is 40.0 Å². The van der Waals surface area contributed by atoms with E-state index in [1.54, 1.807) is 12.1 Å². The molecule has 0 bridgehead atoms. The third-order valence-corrected chi connectivity index (χ3v) is 5.80. The van der Waals surface area contributed by atoms with Crippen LogP contribution in [0.5, 0.6) is 0 Å². The predicted octanol–water partition coefficient (Wildman–Crippen LogP) is 5.59. The van der Waals surface area contributed by atoms with Crippen LogP contribution >= 0.6 is 0 Å². The van der Waals surface area contributed by atoms with Crippen molar-refractivity contribution >= 4 is 17.6 Å². The van der Waals surface area contributed by atoms with E-state index in [0.29, 0.717) is 0 Å². The number of aliphatic carboxylic acids is 1. The molecule has 4 nitrogen and oxygen atoms in total. The molecule has 1 aliphatic heterocycles. The maximum Gasteiger partial charge on any atom is 0.416 e. The molecule has 1 heterocycles. The zero-order valence-corrected chi connectivity index (χ0v) is 16.7. The summed E-state index contributed by atoms with van der Waals surface area (Å²) in [7, 11) is 0. The van der Waals surface area contributed by atoms with Crippen LogP contribution in [0.25, 0.3) is 0 Å². The summed E-state index contributed by atoms with van der Waals surface area (Å²) in [5.41, 5.74) is -2.49. The molecule has 0 spiro atoms. The summed E-state index contributed by atoms with van der Waals surface area (Å²) < 4.78 is 54.3. The largest absolute Gasteiger partial charge is 0.481 e. The number of nitrogens with zero attached hydrogens (tertiary/aromatic N) is 1. The molecule has 1 N–H and O–H groups in total. The number of rotatable bonds is 3. The lowest BCUT2D eigenvalue weighted by molar-refractivity contribution is -0.144. The van der Waals surface area contributed by atoms with Crippen molar-refractivity contribution in [2.75, 3.05) is 4.90 Å². The Morgan fingerprint density at radius 3 is 2.34 bits per heavy atom. The number of carbonyl (C=O) groups excluding carboxylic acids is 1. The van der Waals surface area contributed by atoms with E-state index >= 15 is 0 Å². The average Bonchev–Trinajstić information content (AvgIpc) is 2.75. The molecule has 32 heavy (non-hydrogen) atoms. The molecule has 0 unspecified atom stereocenters. The van der Waals surface area contributed by atoms with Gasteiger partial charge in [-0.1, -0.05) is 36.4 Å². The van der Waals surface area contributed by atoms with Crippen LogP contribution in [0.3, 0.4) is 0 Å². The van der Waals surface area contributed by atoms with Gasteiger partial charge in [0, 0.05) is 11.3 Å². The highest BCUT2D eigenvalue weighted by molar-refractivity contribution is 6.11. The fraction of sp³-hybridized carbons (Fsp3) is 0.167. The van der Waals surface area contributed by atoms with E-state index in [1.807, 2.05) is 0 Å². The average molecular weight is 443 g/mol. The van der Waals surface area contributed by atoms with Crippen molar-refractivity contribution in [1.29, 1.82) is 0 Å². The van der Waals surface area contributed by atoms with Gasteiger partial charge in [-0.05, 0) is 54.4 Å². The number of fused-ring (bicyclic) bond motifs is 1. The number of amides is 1. The zero-order valence-electron chi connectivity index (χ0n) is 16.7. The van der Waals surface area contributed by atoms with Gasteiger partial charge in [0.25, 0.3) is 5.91 Å². The molecule has 1 aliphatic rings. The summed E-state index contributed by atoms with van der Waals surface area (Å²) in [6, 6.07) is 13.9. The number of benzene rings is 3. The number of halogens is 4. The normalized spacial score (nSPS) is 20.7. The first-order valence-electron chi connectivity index (χ1n) is 9.64. The maximum atomic E-state index is 14.1. The Hall–Kier alpha value is -3.68. The number of hydrogen-bond acceptors (Lipinski definition) is 2. The van der Waals surface area contributed by atoms with Gasteiger partial charge >= 0.3 is 12.1 Å². The first kappa shape index (κ1) is 21.5. The van der Waals surface area contributed by atoms with Crippen molar-refractivity contribution < 1.29 is 32.3 Å². The number of carboxylic acid groups (broad SMARTS) is 1. The highest BCUT2D eigenvalue weighted by Crippen LogP contribution is 2.49. The second-order valence-electron chi connectivity index (χ2n) is 7.73. The van der Waals surface area contributed by atoms with E-state index in [9.17, 15) is 32.3 Å². The third-order valence-electron chi connectivity index (χ3n) is 5.80. The molecule has 3 aromatic rings. The van der Waals surface area contributed by atoms with Gasteiger partial charge in [-0.2, -0.15) is 13.2 Å². The lowest BCUT2D eigenvalue weighted by Gasteiger charge is -2.46. The molecular weight excluding hydrogens is 426 g/mol. The minimum atomic E-state index is -4.67. The van der Waals surface area contributed by atoms with E-state index in [2.05, 4.69) is 0 Å². The maximum absolute atomic E-state index is 14.1. The van der Waals surface area contributed by atoms with Gasteiger partial charge in [-0.15, -0.1) is 0 Å². The van der Waals surface area contributed by atoms with Crippen molar-refractivity contribution in [2.24, 2.45) is 0 Å². The number of anilines is 1. The first-order chi connectivity index (χ1) is 15.0. The van der Waals surface area contributed by atoms with Gasteiger partial charge in [-0.3, -0.25) is 14.5 Å². The molecule has 0 fully saturated rings. The minimum absolute atomic E-state index is 0.0578. The van der Waals surface area contributed by atoms with Gasteiger partial charge in [0.1, 0.15) is 11.2 Å². The standard InChI is InChI=1S/C24H17F4NO3/c1-23(22(31)32)19-11-3-2-10-18(19)21(30)29(20(23)14-6-4-8-16(25)12-14)17-9-5-7-15(13-17)24(26,27)28/h2-13,20H,1H3,(H,31,32)/t20-,23-/m1/s1. The summed E-state index contributed by atoms with van der Waals surface area (Å²) in [6.45, 7) is 1.39. The minimum Gasteiger partial charge on any atom is -0.481 e. The Labute approximate surface area is 180 Å². The first-order valence-corrected chi connectivity index (χ1v) is 9.64. The summed E-state index contributed by atoms with van der Waals surface area (Å²) in [4.78, 5) is 27.1. The molecule has 2 atom stereocenters. The lowest BCUT2D eigenvalue weighted by Crippen LogP contribution is -2.54.